The molecule has 4 nitrogen and oxygen atoms in total. The lowest BCUT2D eigenvalue weighted by molar-refractivity contribution is -0.140. The average Bonchev–Trinajstić information content (AvgIpc) is 2.46. The van der Waals surface area contributed by atoms with Crippen LogP contribution in [0.25, 0.3) is 0 Å². The number of aliphatic hydroxyl groups excluding tert-OH is 1. The molecule has 4 heteroatoms. The third-order valence-corrected chi connectivity index (χ3v) is 2.14. The minimum atomic E-state index is -0.353. The van der Waals surface area contributed by atoms with Crippen LogP contribution in [0.15, 0.2) is 0 Å². The summed E-state index contributed by atoms with van der Waals surface area (Å²) in [5.41, 5.74) is -0.284. The third kappa shape index (κ3) is 3.64. The molecule has 1 aliphatic rings. The van der Waals surface area contributed by atoms with E-state index in [2.05, 4.69) is 0 Å². The molecule has 0 aromatic carbocycles. The Labute approximate surface area is 84.8 Å². The number of nitrogens with zero attached hydrogens (tertiary/aromatic N) is 1. The number of carbonyl (C=O) groups is 1. The van der Waals surface area contributed by atoms with Crippen LogP contribution < -0.4 is 0 Å². The highest BCUT2D eigenvalue weighted by Gasteiger charge is 2.25. The molecule has 1 atom stereocenters. The van der Waals surface area contributed by atoms with Crippen molar-refractivity contribution >= 4 is 5.91 Å². The number of likely N-dealkylation sites (tertiary alicyclic amines) is 1. The summed E-state index contributed by atoms with van der Waals surface area (Å²) in [6.07, 6.45) is 0.329. The number of amides is 1. The SMILES string of the molecule is CC(C)(C)OCC(=O)N1CC[C@@H](O)C1. The van der Waals surface area contributed by atoms with Gasteiger partial charge in [0.05, 0.1) is 11.7 Å². The molecule has 0 bridgehead atoms. The standard InChI is InChI=1S/C10H19NO3/c1-10(2,3)14-7-9(13)11-5-4-8(12)6-11/h8,12H,4-7H2,1-3H3/t8-/m1/s1. The smallest absolute Gasteiger partial charge is 0.248 e. The van der Waals surface area contributed by atoms with Gasteiger partial charge in [-0.05, 0) is 27.2 Å². The summed E-state index contributed by atoms with van der Waals surface area (Å²) in [6, 6.07) is 0. The summed E-state index contributed by atoms with van der Waals surface area (Å²) in [7, 11) is 0. The fourth-order valence-corrected chi connectivity index (χ4v) is 1.34. The van der Waals surface area contributed by atoms with Crippen molar-refractivity contribution in [3.63, 3.8) is 0 Å². The van der Waals surface area contributed by atoms with Crippen molar-refractivity contribution in [3.8, 4) is 0 Å². The van der Waals surface area contributed by atoms with Crippen LogP contribution in [0, 0.1) is 0 Å². The van der Waals surface area contributed by atoms with Gasteiger partial charge in [0, 0.05) is 13.1 Å². The van der Waals surface area contributed by atoms with Crippen LogP contribution in [-0.2, 0) is 9.53 Å². The summed E-state index contributed by atoms with van der Waals surface area (Å²) >= 11 is 0. The zero-order valence-corrected chi connectivity index (χ0v) is 9.12. The highest BCUT2D eigenvalue weighted by Crippen LogP contribution is 2.11. The molecule has 0 spiro atoms. The molecule has 0 aromatic rings. The molecule has 1 amide bonds. The molecule has 1 rings (SSSR count). The lowest BCUT2D eigenvalue weighted by atomic mass is 10.2. The van der Waals surface area contributed by atoms with Crippen LogP contribution in [0.5, 0.6) is 0 Å². The molecule has 1 N–H and O–H groups in total. The molecule has 0 saturated carbocycles. The summed E-state index contributed by atoms with van der Waals surface area (Å²) < 4.78 is 5.37. The molecule has 0 aliphatic carbocycles. The van der Waals surface area contributed by atoms with Crippen LogP contribution >= 0.6 is 0 Å². The first-order chi connectivity index (χ1) is 6.38. The van der Waals surface area contributed by atoms with Gasteiger partial charge in [-0.2, -0.15) is 0 Å². The molecule has 0 unspecified atom stereocenters. The van der Waals surface area contributed by atoms with Gasteiger partial charge in [-0.15, -0.1) is 0 Å². The first-order valence-corrected chi connectivity index (χ1v) is 4.98. The number of β-amino-alcohol motifs (C(OH)–C–C–N with tert-alkyl or cyclic N) is 1. The van der Waals surface area contributed by atoms with Crippen LogP contribution in [-0.4, -0.2) is 47.3 Å². The van der Waals surface area contributed by atoms with Crippen LogP contribution in [0.4, 0.5) is 0 Å². The van der Waals surface area contributed by atoms with Crippen molar-refractivity contribution in [1.29, 1.82) is 0 Å². The van der Waals surface area contributed by atoms with E-state index >= 15 is 0 Å². The fourth-order valence-electron chi connectivity index (χ4n) is 1.34. The molecule has 1 aliphatic heterocycles. The minimum absolute atomic E-state index is 0.0310. The van der Waals surface area contributed by atoms with E-state index in [1.807, 2.05) is 20.8 Å². The number of hydrogen-bond donors (Lipinski definition) is 1. The first kappa shape index (κ1) is 11.5. The highest BCUT2D eigenvalue weighted by atomic mass is 16.5. The van der Waals surface area contributed by atoms with Gasteiger partial charge in [-0.3, -0.25) is 4.79 Å². The van der Waals surface area contributed by atoms with Crippen molar-refractivity contribution in [2.75, 3.05) is 19.7 Å². The van der Waals surface area contributed by atoms with Gasteiger partial charge in [-0.1, -0.05) is 0 Å². The van der Waals surface area contributed by atoms with E-state index < -0.39 is 0 Å². The van der Waals surface area contributed by atoms with Crippen molar-refractivity contribution in [3.05, 3.63) is 0 Å². The van der Waals surface area contributed by atoms with Crippen molar-refractivity contribution in [2.24, 2.45) is 0 Å². The second kappa shape index (κ2) is 4.28. The first-order valence-electron chi connectivity index (χ1n) is 4.98. The van der Waals surface area contributed by atoms with Gasteiger partial charge >= 0.3 is 0 Å². The molecule has 1 saturated heterocycles. The molecule has 0 radical (unpaired) electrons. The van der Waals surface area contributed by atoms with E-state index in [-0.39, 0.29) is 24.2 Å². The molecule has 1 heterocycles. The zero-order chi connectivity index (χ0) is 10.8. The normalized spacial score (nSPS) is 22.9. The van der Waals surface area contributed by atoms with E-state index in [0.29, 0.717) is 19.5 Å². The highest BCUT2D eigenvalue weighted by molar-refractivity contribution is 5.77. The summed E-state index contributed by atoms with van der Waals surface area (Å²) in [5, 5.41) is 9.24. The second-order valence-corrected chi connectivity index (χ2v) is 4.68. The fraction of sp³-hybridized carbons (Fsp3) is 0.900. The molecular formula is C10H19NO3. The number of hydrogen-bond acceptors (Lipinski definition) is 3. The summed E-state index contributed by atoms with van der Waals surface area (Å²) in [5.74, 6) is -0.0310. The Morgan fingerprint density at radius 1 is 1.57 bits per heavy atom. The lowest BCUT2D eigenvalue weighted by Gasteiger charge is -2.22. The maximum absolute atomic E-state index is 11.5. The zero-order valence-electron chi connectivity index (χ0n) is 9.12. The number of ether oxygens (including phenoxy) is 1. The molecule has 0 aromatic heterocycles. The Bertz CT molecular complexity index is 210. The van der Waals surface area contributed by atoms with Crippen LogP contribution in [0.3, 0.4) is 0 Å². The topological polar surface area (TPSA) is 49.8 Å². The molecular weight excluding hydrogens is 182 g/mol. The number of rotatable bonds is 2. The van der Waals surface area contributed by atoms with Gasteiger partial charge in [0.1, 0.15) is 6.61 Å². The Kier molecular flexibility index (Phi) is 3.50. The molecule has 1 fully saturated rings. The van der Waals surface area contributed by atoms with Gasteiger partial charge in [0.2, 0.25) is 5.91 Å². The monoisotopic (exact) mass is 201 g/mol. The van der Waals surface area contributed by atoms with Gasteiger partial charge in [0.25, 0.3) is 0 Å². The largest absolute Gasteiger partial charge is 0.391 e. The third-order valence-electron chi connectivity index (χ3n) is 2.14. The predicted molar refractivity (Wildman–Crippen MR) is 52.9 cm³/mol. The maximum Gasteiger partial charge on any atom is 0.248 e. The maximum atomic E-state index is 11.5. The van der Waals surface area contributed by atoms with Crippen LogP contribution in [0.2, 0.25) is 0 Å². The van der Waals surface area contributed by atoms with E-state index in [9.17, 15) is 9.90 Å². The number of carbonyl (C=O) groups excluding carboxylic acids is 1. The molecule has 14 heavy (non-hydrogen) atoms. The van der Waals surface area contributed by atoms with Crippen molar-refractivity contribution < 1.29 is 14.6 Å². The summed E-state index contributed by atoms with van der Waals surface area (Å²) in [4.78, 5) is 13.2. The quantitative estimate of drug-likeness (QED) is 0.703. The minimum Gasteiger partial charge on any atom is -0.391 e. The Morgan fingerprint density at radius 2 is 2.21 bits per heavy atom. The predicted octanol–water partition coefficient (Wildman–Crippen LogP) is 0.395. The van der Waals surface area contributed by atoms with E-state index in [1.165, 1.54) is 0 Å². The van der Waals surface area contributed by atoms with Gasteiger partial charge in [0.15, 0.2) is 0 Å². The van der Waals surface area contributed by atoms with Gasteiger partial charge in [-0.25, -0.2) is 0 Å². The van der Waals surface area contributed by atoms with E-state index in [4.69, 9.17) is 4.74 Å². The van der Waals surface area contributed by atoms with Gasteiger partial charge < -0.3 is 14.7 Å². The Morgan fingerprint density at radius 3 is 2.64 bits per heavy atom. The lowest BCUT2D eigenvalue weighted by Crippen LogP contribution is -2.35. The summed E-state index contributed by atoms with van der Waals surface area (Å²) in [6.45, 7) is 6.95. The van der Waals surface area contributed by atoms with E-state index in [0.717, 1.165) is 0 Å². The number of aliphatic hydroxyl groups is 1. The average molecular weight is 201 g/mol. The molecule has 82 valence electrons. The Balaban J connectivity index is 2.29. The van der Waals surface area contributed by atoms with E-state index in [1.54, 1.807) is 4.90 Å². The van der Waals surface area contributed by atoms with Crippen molar-refractivity contribution in [2.45, 2.75) is 38.9 Å². The van der Waals surface area contributed by atoms with Crippen LogP contribution in [0.1, 0.15) is 27.2 Å². The second-order valence-electron chi connectivity index (χ2n) is 4.68. The Hall–Kier alpha value is -0.610. The van der Waals surface area contributed by atoms with Crippen molar-refractivity contribution in [1.82, 2.24) is 4.90 Å².